The van der Waals surface area contributed by atoms with Crippen LogP contribution in [0.3, 0.4) is 0 Å². The summed E-state index contributed by atoms with van der Waals surface area (Å²) in [7, 11) is 0. The Bertz CT molecular complexity index is 423. The van der Waals surface area contributed by atoms with Crippen LogP contribution in [0, 0.1) is 0 Å². The molecule has 0 aromatic carbocycles. The van der Waals surface area contributed by atoms with E-state index in [9.17, 15) is 0 Å². The SMILES string of the molecule is CCN(CC)C(N(CC)CC)=[N+](CC)CC.CCN(CC)C(N(CC)CC)=[N+](CC)CC.[Cl-].[Cl-]. The van der Waals surface area contributed by atoms with Crippen LogP contribution < -0.4 is 24.8 Å². The molecule has 0 spiro atoms. The minimum atomic E-state index is 0. The van der Waals surface area contributed by atoms with Crippen LogP contribution in [0.5, 0.6) is 0 Å². The van der Waals surface area contributed by atoms with Crippen molar-refractivity contribution in [1.29, 1.82) is 0 Å². The first kappa shape index (κ1) is 40.3. The predicted molar refractivity (Wildman–Crippen MR) is 144 cm³/mol. The Labute approximate surface area is 226 Å². The van der Waals surface area contributed by atoms with Gasteiger partial charge in [0.05, 0.1) is 78.5 Å². The van der Waals surface area contributed by atoms with E-state index in [1.807, 2.05) is 0 Å². The maximum absolute atomic E-state index is 2.46. The van der Waals surface area contributed by atoms with Crippen molar-refractivity contribution in [3.8, 4) is 0 Å². The Morgan fingerprint density at radius 1 is 0.353 bits per heavy atom. The van der Waals surface area contributed by atoms with Crippen LogP contribution in [0.25, 0.3) is 0 Å². The fourth-order valence-corrected chi connectivity index (χ4v) is 4.24. The summed E-state index contributed by atoms with van der Waals surface area (Å²) in [4.78, 5) is 9.83. The van der Waals surface area contributed by atoms with Crippen molar-refractivity contribution in [2.45, 2.75) is 83.1 Å². The zero-order valence-corrected chi connectivity index (χ0v) is 26.4. The Balaban J connectivity index is -0.000000250. The van der Waals surface area contributed by atoms with E-state index >= 15 is 0 Å². The Hall–Kier alpha value is -0.880. The van der Waals surface area contributed by atoms with Crippen molar-refractivity contribution in [3.63, 3.8) is 0 Å². The molecule has 0 aliphatic rings. The molecule has 6 nitrogen and oxygen atoms in total. The van der Waals surface area contributed by atoms with Gasteiger partial charge in [0.1, 0.15) is 0 Å². The summed E-state index contributed by atoms with van der Waals surface area (Å²) in [6.45, 7) is 39.8. The van der Waals surface area contributed by atoms with E-state index in [4.69, 9.17) is 0 Å². The highest BCUT2D eigenvalue weighted by atomic mass is 35.5. The van der Waals surface area contributed by atoms with Crippen molar-refractivity contribution < 1.29 is 34.0 Å². The second kappa shape index (κ2) is 25.2. The van der Waals surface area contributed by atoms with Gasteiger partial charge in [-0.1, -0.05) is 0 Å². The van der Waals surface area contributed by atoms with Gasteiger partial charge in [-0.3, -0.25) is 28.8 Å². The second-order valence-corrected chi connectivity index (χ2v) is 7.63. The average Bonchev–Trinajstić information content (AvgIpc) is 2.83. The van der Waals surface area contributed by atoms with E-state index in [1.54, 1.807) is 0 Å². The molecule has 0 N–H and O–H groups in total. The molecule has 0 unspecified atom stereocenters. The van der Waals surface area contributed by atoms with Gasteiger partial charge in [0.25, 0.3) is 0 Å². The average molecular weight is 528 g/mol. The van der Waals surface area contributed by atoms with Gasteiger partial charge in [0.2, 0.25) is 0 Å². The first-order chi connectivity index (χ1) is 15.4. The lowest BCUT2D eigenvalue weighted by Crippen LogP contribution is -3.00. The summed E-state index contributed by atoms with van der Waals surface area (Å²) in [6.07, 6.45) is 0. The van der Waals surface area contributed by atoms with E-state index in [1.165, 1.54) is 11.9 Å². The highest BCUT2D eigenvalue weighted by Gasteiger charge is 2.25. The molecule has 0 bridgehead atoms. The van der Waals surface area contributed by atoms with Crippen molar-refractivity contribution >= 4 is 11.9 Å². The fourth-order valence-electron chi connectivity index (χ4n) is 4.24. The molecule has 0 rings (SSSR count). The van der Waals surface area contributed by atoms with Crippen LogP contribution in [0.2, 0.25) is 0 Å². The maximum Gasteiger partial charge on any atom is 0.350 e. The topological polar surface area (TPSA) is 19.0 Å². The molecule has 0 radical (unpaired) electrons. The standard InChI is InChI=1S/2C13H30N3.2ClH/c2*1-7-14(8-2)13(15(9-3)10-4)16(11-5)12-6;;/h2*7-12H2,1-6H3;2*1H/q2*+1;;/p-2. The minimum absolute atomic E-state index is 0. The zero-order valence-electron chi connectivity index (χ0n) is 24.9. The molecule has 0 amide bonds. The summed E-state index contributed by atoms with van der Waals surface area (Å²) >= 11 is 0. The monoisotopic (exact) mass is 526 g/mol. The van der Waals surface area contributed by atoms with Gasteiger partial charge in [-0.05, 0) is 83.1 Å². The molecule has 0 saturated heterocycles. The third-order valence-corrected chi connectivity index (χ3v) is 6.28. The second-order valence-electron chi connectivity index (χ2n) is 7.63. The maximum atomic E-state index is 2.46. The van der Waals surface area contributed by atoms with E-state index < -0.39 is 0 Å². The van der Waals surface area contributed by atoms with Crippen molar-refractivity contribution in [1.82, 2.24) is 19.6 Å². The molecule has 0 aromatic heterocycles. The molecule has 0 aliphatic heterocycles. The third kappa shape index (κ3) is 12.7. The predicted octanol–water partition coefficient (Wildman–Crippen LogP) is -1.84. The molecule has 208 valence electrons. The Kier molecular flexibility index (Phi) is 29.9. The molecule has 8 heteroatoms. The quantitative estimate of drug-likeness (QED) is 0.169. The van der Waals surface area contributed by atoms with Gasteiger partial charge in [-0.15, -0.1) is 0 Å². The van der Waals surface area contributed by atoms with Crippen LogP contribution in [0.4, 0.5) is 0 Å². The number of hydrogen-bond acceptors (Lipinski definition) is 0. The molecule has 34 heavy (non-hydrogen) atoms. The van der Waals surface area contributed by atoms with Gasteiger partial charge in [0.15, 0.2) is 0 Å². The molecule has 0 atom stereocenters. The van der Waals surface area contributed by atoms with Gasteiger partial charge in [-0.25, -0.2) is 0 Å². The lowest BCUT2D eigenvalue weighted by molar-refractivity contribution is -0.531. The highest BCUT2D eigenvalue weighted by molar-refractivity contribution is 5.75. The van der Waals surface area contributed by atoms with Crippen molar-refractivity contribution in [3.05, 3.63) is 0 Å². The van der Waals surface area contributed by atoms with Crippen LogP contribution in [0.15, 0.2) is 0 Å². The van der Waals surface area contributed by atoms with Gasteiger partial charge in [0, 0.05) is 0 Å². The summed E-state index contributed by atoms with van der Waals surface area (Å²) in [6, 6.07) is 0. The normalized spacial score (nSPS) is 9.53. The van der Waals surface area contributed by atoms with Gasteiger partial charge >= 0.3 is 11.9 Å². The number of guanidine groups is 2. The zero-order chi connectivity index (χ0) is 25.1. The number of nitrogens with zero attached hydrogens (tertiary/aromatic N) is 6. The number of hydrogen-bond donors (Lipinski definition) is 0. The van der Waals surface area contributed by atoms with E-state index in [0.717, 1.165) is 78.5 Å². The van der Waals surface area contributed by atoms with Crippen LogP contribution >= 0.6 is 0 Å². The molecule has 0 heterocycles. The lowest BCUT2D eigenvalue weighted by atomic mass is 10.4. The number of halogens is 2. The molecule has 0 aliphatic carbocycles. The van der Waals surface area contributed by atoms with E-state index in [2.05, 4.69) is 112 Å². The molecular weight excluding hydrogens is 467 g/mol. The Morgan fingerprint density at radius 2 is 0.500 bits per heavy atom. The third-order valence-electron chi connectivity index (χ3n) is 6.28. The number of rotatable bonds is 12. The van der Waals surface area contributed by atoms with Crippen LogP contribution in [-0.4, -0.2) is 119 Å². The van der Waals surface area contributed by atoms with Crippen LogP contribution in [0.1, 0.15) is 83.1 Å². The van der Waals surface area contributed by atoms with Gasteiger partial charge in [-0.2, -0.15) is 0 Å². The Morgan fingerprint density at radius 3 is 0.588 bits per heavy atom. The van der Waals surface area contributed by atoms with Crippen LogP contribution in [-0.2, 0) is 0 Å². The molecule has 0 saturated carbocycles. The highest BCUT2D eigenvalue weighted by Crippen LogP contribution is 2.01. The summed E-state index contributed by atoms with van der Waals surface area (Å²) in [5.41, 5.74) is 0. The largest absolute Gasteiger partial charge is 1.00 e. The van der Waals surface area contributed by atoms with Gasteiger partial charge < -0.3 is 24.8 Å². The summed E-state index contributed by atoms with van der Waals surface area (Å²) < 4.78 is 4.92. The molecular formula is C26H60Cl2N6. The molecule has 0 fully saturated rings. The lowest BCUT2D eigenvalue weighted by Gasteiger charge is -2.27. The van der Waals surface area contributed by atoms with E-state index in [0.29, 0.717) is 0 Å². The van der Waals surface area contributed by atoms with E-state index in [-0.39, 0.29) is 24.8 Å². The smallest absolute Gasteiger partial charge is 0.350 e. The fraction of sp³-hybridized carbons (Fsp3) is 0.923. The van der Waals surface area contributed by atoms with Crippen molar-refractivity contribution in [2.75, 3.05) is 78.5 Å². The first-order valence-corrected chi connectivity index (χ1v) is 13.6. The first-order valence-electron chi connectivity index (χ1n) is 13.6. The van der Waals surface area contributed by atoms with Crippen molar-refractivity contribution in [2.24, 2.45) is 0 Å². The molecule has 0 aromatic rings. The summed E-state index contributed by atoms with van der Waals surface area (Å²) in [5, 5.41) is 0. The minimum Gasteiger partial charge on any atom is -1.00 e. The summed E-state index contributed by atoms with van der Waals surface area (Å²) in [5.74, 6) is 2.81.